The van der Waals surface area contributed by atoms with Gasteiger partial charge in [0.1, 0.15) is 0 Å². The highest BCUT2D eigenvalue weighted by Gasteiger charge is 2.43. The van der Waals surface area contributed by atoms with Crippen molar-refractivity contribution in [2.45, 2.75) is 35.8 Å². The van der Waals surface area contributed by atoms with Gasteiger partial charge in [-0.15, -0.1) is 12.4 Å². The second-order valence-electron chi connectivity index (χ2n) is 6.87. The van der Waals surface area contributed by atoms with E-state index < -0.39 is 10.0 Å². The summed E-state index contributed by atoms with van der Waals surface area (Å²) in [5.41, 5.74) is 5.73. The van der Waals surface area contributed by atoms with Crippen LogP contribution in [0.2, 0.25) is 0 Å². The summed E-state index contributed by atoms with van der Waals surface area (Å²) in [5.74, 6) is 0. The van der Waals surface area contributed by atoms with Crippen molar-refractivity contribution in [1.82, 2.24) is 4.31 Å². The first-order chi connectivity index (χ1) is 11.5. The van der Waals surface area contributed by atoms with Crippen molar-refractivity contribution in [2.75, 3.05) is 19.7 Å². The maximum atomic E-state index is 13.0. The molecule has 7 heteroatoms. The van der Waals surface area contributed by atoms with Crippen LogP contribution in [0.15, 0.2) is 47.4 Å². The average molecular weight is 383 g/mol. The van der Waals surface area contributed by atoms with Crippen molar-refractivity contribution in [3.8, 4) is 0 Å². The number of piperidine rings is 1. The van der Waals surface area contributed by atoms with Crippen LogP contribution in [0.5, 0.6) is 0 Å². The molecule has 0 bridgehead atoms. The summed E-state index contributed by atoms with van der Waals surface area (Å²) in [6, 6.07) is 13.2. The molecule has 2 aliphatic rings. The fraction of sp³-hybridized carbons (Fsp3) is 0.444. The normalized spacial score (nSPS) is 23.6. The van der Waals surface area contributed by atoms with Crippen molar-refractivity contribution in [3.05, 3.63) is 42.5 Å². The smallest absolute Gasteiger partial charge is 0.243 e. The van der Waals surface area contributed by atoms with Crippen molar-refractivity contribution < 1.29 is 13.2 Å². The zero-order valence-corrected chi connectivity index (χ0v) is 15.6. The molecule has 5 nitrogen and oxygen atoms in total. The Hall–Kier alpha value is -1.18. The van der Waals surface area contributed by atoms with Gasteiger partial charge in [0.05, 0.1) is 17.1 Å². The molecular formula is C18H23ClN2O3S. The quantitative estimate of drug-likeness (QED) is 0.866. The first-order valence-corrected chi connectivity index (χ1v) is 9.81. The topological polar surface area (TPSA) is 72.6 Å². The summed E-state index contributed by atoms with van der Waals surface area (Å²) >= 11 is 0. The fourth-order valence-electron chi connectivity index (χ4n) is 3.84. The molecule has 2 fully saturated rings. The Bertz CT molecular complexity index is 864. The van der Waals surface area contributed by atoms with Gasteiger partial charge in [0, 0.05) is 19.1 Å². The van der Waals surface area contributed by atoms with Crippen molar-refractivity contribution in [3.63, 3.8) is 0 Å². The van der Waals surface area contributed by atoms with Crippen LogP contribution >= 0.6 is 12.4 Å². The van der Waals surface area contributed by atoms with Crippen LogP contribution in [-0.2, 0) is 14.8 Å². The molecule has 2 aromatic rings. The van der Waals surface area contributed by atoms with Gasteiger partial charge >= 0.3 is 0 Å². The summed E-state index contributed by atoms with van der Waals surface area (Å²) in [4.78, 5) is 0.362. The first-order valence-electron chi connectivity index (χ1n) is 8.37. The summed E-state index contributed by atoms with van der Waals surface area (Å²) < 4.78 is 33.4. The predicted octanol–water partition coefficient (Wildman–Crippen LogP) is 2.53. The molecule has 0 saturated carbocycles. The van der Waals surface area contributed by atoms with E-state index in [9.17, 15) is 8.42 Å². The Morgan fingerprint density at radius 2 is 1.76 bits per heavy atom. The SMILES string of the molecule is Cl.NC1COC2(CCN(S(=O)(=O)c3ccc4ccccc4c3)CC2)C1. The number of halogens is 1. The molecule has 2 N–H and O–H groups in total. The highest BCUT2D eigenvalue weighted by molar-refractivity contribution is 7.89. The van der Waals surface area contributed by atoms with Gasteiger partial charge in [-0.2, -0.15) is 4.31 Å². The Morgan fingerprint density at radius 1 is 1.08 bits per heavy atom. The number of sulfonamides is 1. The Balaban J connectivity index is 0.00000182. The zero-order valence-electron chi connectivity index (χ0n) is 13.9. The number of ether oxygens (including phenoxy) is 1. The van der Waals surface area contributed by atoms with Crippen LogP contribution in [0.1, 0.15) is 19.3 Å². The molecule has 1 atom stereocenters. The Labute approximate surface area is 154 Å². The van der Waals surface area contributed by atoms with Crippen LogP contribution < -0.4 is 5.73 Å². The Kier molecular flexibility index (Phi) is 5.10. The number of benzene rings is 2. The van der Waals surface area contributed by atoms with E-state index >= 15 is 0 Å². The van der Waals surface area contributed by atoms with Gasteiger partial charge < -0.3 is 10.5 Å². The third-order valence-corrected chi connectivity index (χ3v) is 7.12. The van der Waals surface area contributed by atoms with E-state index in [1.165, 1.54) is 0 Å². The molecule has 0 aliphatic carbocycles. The number of hydrogen-bond acceptors (Lipinski definition) is 4. The highest BCUT2D eigenvalue weighted by atomic mass is 35.5. The van der Waals surface area contributed by atoms with Crippen LogP contribution in [0.3, 0.4) is 0 Å². The van der Waals surface area contributed by atoms with Gasteiger partial charge in [0.25, 0.3) is 0 Å². The highest BCUT2D eigenvalue weighted by Crippen LogP contribution is 2.37. The minimum absolute atomic E-state index is 0. The zero-order chi connectivity index (χ0) is 16.8. The molecule has 0 aromatic heterocycles. The predicted molar refractivity (Wildman–Crippen MR) is 100 cm³/mol. The molecule has 4 rings (SSSR count). The summed E-state index contributed by atoms with van der Waals surface area (Å²) in [6.07, 6.45) is 2.26. The monoisotopic (exact) mass is 382 g/mol. The molecule has 0 amide bonds. The largest absolute Gasteiger partial charge is 0.373 e. The van der Waals surface area contributed by atoms with E-state index in [0.717, 1.165) is 17.2 Å². The molecule has 2 aliphatic heterocycles. The van der Waals surface area contributed by atoms with E-state index in [0.29, 0.717) is 37.4 Å². The summed E-state index contributed by atoms with van der Waals surface area (Å²) in [6.45, 7) is 1.56. The van der Waals surface area contributed by atoms with Crippen LogP contribution in [0.25, 0.3) is 10.8 Å². The minimum Gasteiger partial charge on any atom is -0.373 e. The van der Waals surface area contributed by atoms with E-state index in [4.69, 9.17) is 10.5 Å². The number of nitrogens with zero attached hydrogens (tertiary/aromatic N) is 1. The Morgan fingerprint density at radius 3 is 2.40 bits per heavy atom. The number of rotatable bonds is 2. The second kappa shape index (κ2) is 6.85. The lowest BCUT2D eigenvalue weighted by Crippen LogP contribution is -2.46. The number of hydrogen-bond donors (Lipinski definition) is 1. The maximum absolute atomic E-state index is 13.0. The fourth-order valence-corrected chi connectivity index (χ4v) is 5.32. The van der Waals surface area contributed by atoms with Gasteiger partial charge in [0.15, 0.2) is 0 Å². The molecule has 2 saturated heterocycles. The molecule has 1 unspecified atom stereocenters. The maximum Gasteiger partial charge on any atom is 0.243 e. The van der Waals surface area contributed by atoms with Gasteiger partial charge in [-0.25, -0.2) is 8.42 Å². The molecular weight excluding hydrogens is 360 g/mol. The lowest BCUT2D eigenvalue weighted by Gasteiger charge is -2.37. The lowest BCUT2D eigenvalue weighted by atomic mass is 9.88. The molecule has 2 heterocycles. The molecule has 136 valence electrons. The molecule has 2 aromatic carbocycles. The van der Waals surface area contributed by atoms with E-state index in [1.54, 1.807) is 16.4 Å². The summed E-state index contributed by atoms with van der Waals surface area (Å²) in [5, 5.41) is 1.99. The molecule has 0 radical (unpaired) electrons. The van der Waals surface area contributed by atoms with Crippen LogP contribution in [0, 0.1) is 0 Å². The van der Waals surface area contributed by atoms with Crippen molar-refractivity contribution in [1.29, 1.82) is 0 Å². The van der Waals surface area contributed by atoms with Crippen LogP contribution in [-0.4, -0.2) is 44.1 Å². The number of fused-ring (bicyclic) bond motifs is 1. The third kappa shape index (κ3) is 3.41. The van der Waals surface area contributed by atoms with Gasteiger partial charge in [-0.05, 0) is 42.2 Å². The van der Waals surface area contributed by atoms with E-state index in [-0.39, 0.29) is 24.0 Å². The van der Waals surface area contributed by atoms with E-state index in [1.807, 2.05) is 30.3 Å². The molecule has 25 heavy (non-hydrogen) atoms. The lowest BCUT2D eigenvalue weighted by molar-refractivity contribution is -0.0310. The summed E-state index contributed by atoms with van der Waals surface area (Å²) in [7, 11) is -3.47. The van der Waals surface area contributed by atoms with Crippen LogP contribution in [0.4, 0.5) is 0 Å². The average Bonchev–Trinajstić information content (AvgIpc) is 2.95. The van der Waals surface area contributed by atoms with Gasteiger partial charge in [-0.1, -0.05) is 30.3 Å². The number of nitrogens with two attached hydrogens (primary N) is 1. The second-order valence-corrected chi connectivity index (χ2v) is 8.81. The third-order valence-electron chi connectivity index (χ3n) is 5.23. The first kappa shape index (κ1) is 18.6. The van der Waals surface area contributed by atoms with Crippen molar-refractivity contribution in [2.24, 2.45) is 5.73 Å². The molecule has 1 spiro atoms. The van der Waals surface area contributed by atoms with E-state index in [2.05, 4.69) is 0 Å². The van der Waals surface area contributed by atoms with Gasteiger partial charge in [-0.3, -0.25) is 0 Å². The minimum atomic E-state index is -3.47. The van der Waals surface area contributed by atoms with Gasteiger partial charge in [0.2, 0.25) is 10.0 Å². The van der Waals surface area contributed by atoms with Crippen molar-refractivity contribution >= 4 is 33.2 Å². The standard InChI is InChI=1S/C18H22N2O3S.ClH/c19-16-12-18(23-13-16)7-9-20(10-8-18)24(21,22)17-6-5-14-3-1-2-4-15(14)11-17;/h1-6,11,16H,7-10,12-13,19H2;1H.